The second kappa shape index (κ2) is 16.9. The molecular formula is C13H26INO5. The van der Waals surface area contributed by atoms with Gasteiger partial charge >= 0.3 is 6.09 Å². The molecule has 0 saturated carbocycles. The van der Waals surface area contributed by atoms with E-state index < -0.39 is 6.09 Å². The van der Waals surface area contributed by atoms with Gasteiger partial charge in [-0.2, -0.15) is 0 Å². The Morgan fingerprint density at radius 2 is 1.40 bits per heavy atom. The van der Waals surface area contributed by atoms with Crippen LogP contribution in [0, 0.1) is 0 Å². The summed E-state index contributed by atoms with van der Waals surface area (Å²) in [4.78, 5) is 10.2. The number of nitrogens with one attached hydrogen (secondary N) is 1. The van der Waals surface area contributed by atoms with Crippen LogP contribution in [0.5, 0.6) is 0 Å². The average molecular weight is 403 g/mol. The summed E-state index contributed by atoms with van der Waals surface area (Å²) in [6.45, 7) is 4.54. The highest BCUT2D eigenvalue weighted by Gasteiger charge is 1.95. The van der Waals surface area contributed by atoms with Crippen molar-refractivity contribution in [3.63, 3.8) is 0 Å². The molecule has 0 spiro atoms. The molecule has 1 amide bonds. The molecule has 0 aliphatic rings. The van der Waals surface area contributed by atoms with Gasteiger partial charge < -0.3 is 24.6 Å². The van der Waals surface area contributed by atoms with Gasteiger partial charge in [-0.05, 0) is 12.8 Å². The normalized spacial score (nSPS) is 10.7. The first-order chi connectivity index (χ1) is 9.77. The van der Waals surface area contributed by atoms with Gasteiger partial charge in [0.15, 0.2) is 0 Å². The molecule has 20 heavy (non-hydrogen) atoms. The number of alkyl halides is 1. The Morgan fingerprint density at radius 3 is 2.00 bits per heavy atom. The van der Waals surface area contributed by atoms with Crippen molar-refractivity contribution in [3.8, 4) is 0 Å². The summed E-state index contributed by atoms with van der Waals surface area (Å²) < 4.78 is 17.1. The van der Waals surface area contributed by atoms with Crippen molar-refractivity contribution in [3.05, 3.63) is 0 Å². The molecule has 0 aromatic carbocycles. The van der Waals surface area contributed by atoms with Gasteiger partial charge in [0.05, 0.1) is 33.0 Å². The number of carboxylic acid groups (broad SMARTS) is 1. The Balaban J connectivity index is 2.94. The van der Waals surface area contributed by atoms with E-state index in [1.165, 1.54) is 0 Å². The summed E-state index contributed by atoms with van der Waals surface area (Å²) in [6.07, 6.45) is 3.02. The highest BCUT2D eigenvalue weighted by molar-refractivity contribution is 14.1. The fourth-order valence-electron chi connectivity index (χ4n) is 1.47. The van der Waals surface area contributed by atoms with Gasteiger partial charge in [-0.15, -0.1) is 0 Å². The number of ether oxygens (including phenoxy) is 3. The maximum absolute atomic E-state index is 10.2. The van der Waals surface area contributed by atoms with Gasteiger partial charge in [0.2, 0.25) is 0 Å². The molecule has 2 N–H and O–H groups in total. The zero-order valence-corrected chi connectivity index (χ0v) is 14.1. The molecule has 7 heteroatoms. The van der Waals surface area contributed by atoms with Crippen LogP contribution in [0.25, 0.3) is 0 Å². The Bertz CT molecular complexity index is 219. The lowest BCUT2D eigenvalue weighted by atomic mass is 10.2. The number of unbranched alkanes of at least 4 members (excludes halogenated alkanes) is 3. The van der Waals surface area contributed by atoms with Crippen LogP contribution in [0.3, 0.4) is 0 Å². The lowest BCUT2D eigenvalue weighted by Crippen LogP contribution is -2.21. The molecule has 0 atom stereocenters. The molecule has 6 nitrogen and oxygen atoms in total. The second-order valence-electron chi connectivity index (χ2n) is 4.17. The van der Waals surface area contributed by atoms with Crippen molar-refractivity contribution >= 4 is 28.7 Å². The molecule has 0 unspecified atom stereocenters. The van der Waals surface area contributed by atoms with E-state index in [9.17, 15) is 4.79 Å². The molecule has 0 aliphatic heterocycles. The fourth-order valence-corrected chi connectivity index (χ4v) is 1.79. The molecule has 120 valence electrons. The van der Waals surface area contributed by atoms with Crippen LogP contribution in [-0.4, -0.2) is 61.8 Å². The van der Waals surface area contributed by atoms with E-state index in [1.807, 2.05) is 0 Å². The predicted molar refractivity (Wildman–Crippen MR) is 85.8 cm³/mol. The van der Waals surface area contributed by atoms with Crippen LogP contribution < -0.4 is 5.32 Å². The third kappa shape index (κ3) is 17.9. The standard InChI is InChI=1S/C13H26INO5/c14-5-8-19-10-12-20-11-9-18-7-4-2-1-3-6-15-13(16)17/h15H,1-12H2,(H,16,17). The maximum atomic E-state index is 10.2. The lowest BCUT2D eigenvalue weighted by Gasteiger charge is -2.06. The van der Waals surface area contributed by atoms with Crippen molar-refractivity contribution < 1.29 is 24.1 Å². The van der Waals surface area contributed by atoms with Gasteiger partial charge in [-0.3, -0.25) is 0 Å². The van der Waals surface area contributed by atoms with Crippen LogP contribution >= 0.6 is 22.6 Å². The highest BCUT2D eigenvalue weighted by atomic mass is 127. The summed E-state index contributed by atoms with van der Waals surface area (Å²) >= 11 is 2.27. The number of halogens is 1. The van der Waals surface area contributed by atoms with E-state index in [0.717, 1.165) is 43.3 Å². The quantitative estimate of drug-likeness (QED) is 0.249. The number of hydrogen-bond donors (Lipinski definition) is 2. The Labute approximate surface area is 134 Å². The first-order valence-corrected chi connectivity index (χ1v) is 8.56. The zero-order chi connectivity index (χ0) is 14.9. The summed E-state index contributed by atoms with van der Waals surface area (Å²) in [6, 6.07) is 0. The van der Waals surface area contributed by atoms with Crippen LogP contribution in [0.2, 0.25) is 0 Å². The SMILES string of the molecule is O=C(O)NCCCCCCOCCOCCOCCI. The molecule has 0 aromatic heterocycles. The lowest BCUT2D eigenvalue weighted by molar-refractivity contribution is 0.0169. The van der Waals surface area contributed by atoms with E-state index in [4.69, 9.17) is 19.3 Å². The summed E-state index contributed by atoms with van der Waals surface area (Å²) in [5.74, 6) is 0. The first kappa shape index (κ1) is 19.9. The molecule has 0 aliphatic carbocycles. The van der Waals surface area contributed by atoms with Crippen molar-refractivity contribution in [2.24, 2.45) is 0 Å². The van der Waals surface area contributed by atoms with E-state index in [0.29, 0.717) is 33.0 Å². The van der Waals surface area contributed by atoms with Gasteiger partial charge in [0.25, 0.3) is 0 Å². The van der Waals surface area contributed by atoms with E-state index >= 15 is 0 Å². The monoisotopic (exact) mass is 403 g/mol. The van der Waals surface area contributed by atoms with E-state index in [2.05, 4.69) is 27.9 Å². The summed E-state index contributed by atoms with van der Waals surface area (Å²) in [5.41, 5.74) is 0. The first-order valence-electron chi connectivity index (χ1n) is 7.03. The molecule has 0 radical (unpaired) electrons. The number of carbonyl (C=O) groups is 1. The van der Waals surface area contributed by atoms with E-state index in [1.54, 1.807) is 0 Å². The second-order valence-corrected chi connectivity index (χ2v) is 5.25. The molecule has 0 aromatic rings. The topological polar surface area (TPSA) is 77.0 Å². The highest BCUT2D eigenvalue weighted by Crippen LogP contribution is 1.99. The maximum Gasteiger partial charge on any atom is 0.404 e. The fraction of sp³-hybridized carbons (Fsp3) is 0.923. The number of hydrogen-bond acceptors (Lipinski definition) is 4. The third-order valence-electron chi connectivity index (χ3n) is 2.46. The molecule has 0 saturated heterocycles. The van der Waals surface area contributed by atoms with Gasteiger partial charge in [0.1, 0.15) is 0 Å². The van der Waals surface area contributed by atoms with Crippen molar-refractivity contribution in [2.75, 3.05) is 50.6 Å². The van der Waals surface area contributed by atoms with Gasteiger partial charge in [-0.1, -0.05) is 35.4 Å². The minimum atomic E-state index is -0.951. The molecule has 0 fully saturated rings. The minimum absolute atomic E-state index is 0.531. The molecule has 0 rings (SSSR count). The zero-order valence-electron chi connectivity index (χ0n) is 11.9. The Morgan fingerprint density at radius 1 is 0.850 bits per heavy atom. The smallest absolute Gasteiger partial charge is 0.404 e. The minimum Gasteiger partial charge on any atom is -0.465 e. The third-order valence-corrected chi connectivity index (χ3v) is 2.90. The van der Waals surface area contributed by atoms with E-state index in [-0.39, 0.29) is 0 Å². The Hall–Kier alpha value is -0.120. The van der Waals surface area contributed by atoms with Crippen LogP contribution in [0.15, 0.2) is 0 Å². The summed E-state index contributed by atoms with van der Waals surface area (Å²) in [5, 5.41) is 10.7. The molecule has 0 heterocycles. The van der Waals surface area contributed by atoms with Crippen LogP contribution in [0.1, 0.15) is 25.7 Å². The largest absolute Gasteiger partial charge is 0.465 e. The number of rotatable bonds is 15. The van der Waals surface area contributed by atoms with Crippen molar-refractivity contribution in [1.29, 1.82) is 0 Å². The van der Waals surface area contributed by atoms with Crippen LogP contribution in [-0.2, 0) is 14.2 Å². The molecule has 0 bridgehead atoms. The van der Waals surface area contributed by atoms with Crippen molar-refractivity contribution in [1.82, 2.24) is 5.32 Å². The predicted octanol–water partition coefficient (Wildman–Crippen LogP) is 2.30. The average Bonchev–Trinajstić information content (AvgIpc) is 2.43. The van der Waals surface area contributed by atoms with Gasteiger partial charge in [-0.25, -0.2) is 4.79 Å². The van der Waals surface area contributed by atoms with Crippen LogP contribution in [0.4, 0.5) is 4.79 Å². The molecular weight excluding hydrogens is 377 g/mol. The van der Waals surface area contributed by atoms with Crippen molar-refractivity contribution in [2.45, 2.75) is 25.7 Å². The summed E-state index contributed by atoms with van der Waals surface area (Å²) in [7, 11) is 0. The Kier molecular flexibility index (Phi) is 16.8. The van der Waals surface area contributed by atoms with Gasteiger partial charge in [0, 0.05) is 17.6 Å². The number of amides is 1.